The van der Waals surface area contributed by atoms with Crippen LogP contribution in [0.2, 0.25) is 0 Å². The molecule has 59 heavy (non-hydrogen) atoms. The topological polar surface area (TPSA) is 200 Å². The van der Waals surface area contributed by atoms with Crippen molar-refractivity contribution in [2.45, 2.75) is 115 Å². The predicted octanol–water partition coefficient (Wildman–Crippen LogP) is 5.86. The molecule has 4 aliphatic carbocycles. The Morgan fingerprint density at radius 3 is 1.59 bits per heavy atom. The molecule has 2 amide bonds. The molecule has 3 fully saturated rings. The van der Waals surface area contributed by atoms with E-state index in [1.54, 1.807) is 0 Å². The first-order valence-corrected chi connectivity index (χ1v) is 20.0. The second-order valence-electron chi connectivity index (χ2n) is 15.7. The lowest BCUT2D eigenvalue weighted by Gasteiger charge is -2.18. The molecule has 6 atom stereocenters. The van der Waals surface area contributed by atoms with Crippen molar-refractivity contribution in [3.8, 4) is 24.7 Å². The van der Waals surface area contributed by atoms with Gasteiger partial charge in [0.25, 0.3) is 11.8 Å². The smallest absolute Gasteiger partial charge is 0.481 e. The van der Waals surface area contributed by atoms with Gasteiger partial charge >= 0.3 is 24.1 Å². The van der Waals surface area contributed by atoms with E-state index in [1.165, 1.54) is 22.3 Å². The van der Waals surface area contributed by atoms with Gasteiger partial charge in [-0.1, -0.05) is 53.6 Å². The number of hydrogen-bond acceptors (Lipinski definition) is 10. The van der Waals surface area contributed by atoms with Gasteiger partial charge in [0.1, 0.15) is 18.2 Å². The molecule has 0 bridgehead atoms. The zero-order valence-corrected chi connectivity index (χ0v) is 33.8. The zero-order valence-electron chi connectivity index (χ0n) is 33.0. The summed E-state index contributed by atoms with van der Waals surface area (Å²) in [7, 11) is 0. The molecule has 316 valence electrons. The molecule has 4 N–H and O–H groups in total. The maximum Gasteiger partial charge on any atom is 0.534 e. The van der Waals surface area contributed by atoms with Gasteiger partial charge in [-0.2, -0.15) is 0 Å². The van der Waals surface area contributed by atoms with Crippen LogP contribution in [0.3, 0.4) is 0 Å². The number of hydrogen-bond donors (Lipinski definition) is 3. The van der Waals surface area contributed by atoms with Crippen molar-refractivity contribution in [3.05, 3.63) is 70.8 Å². The molecule has 0 radical (unpaired) electrons. The van der Waals surface area contributed by atoms with Gasteiger partial charge in [-0.3, -0.25) is 28.8 Å². The fraction of sp³-hybridized carbons (Fsp3) is 0.511. The summed E-state index contributed by atoms with van der Waals surface area (Å²) in [6.45, 7) is 0. The number of halogens is 1. The molecule has 1 saturated heterocycles. The van der Waals surface area contributed by atoms with Gasteiger partial charge in [-0.15, -0.1) is 37.1 Å². The van der Waals surface area contributed by atoms with E-state index in [9.17, 15) is 33.9 Å². The first-order valence-electron chi connectivity index (χ1n) is 20.0. The van der Waals surface area contributed by atoms with E-state index >= 15 is 0 Å². The number of nitrogens with two attached hydrogens (primary N) is 1. The molecule has 14 heteroatoms. The number of carbonyl (C=O) groups is 6. The third-order valence-electron chi connectivity index (χ3n) is 11.4. The number of aliphatic carboxylic acids is 2. The molecule has 0 aromatic heterocycles. The van der Waals surface area contributed by atoms with Crippen LogP contribution in [0.25, 0.3) is 0 Å². The van der Waals surface area contributed by atoms with E-state index in [2.05, 4.69) is 16.7 Å². The molecule has 7 rings (SSSR count). The molecule has 1 aliphatic heterocycles. The largest absolute Gasteiger partial charge is 0.534 e. The highest BCUT2D eigenvalue weighted by atomic mass is 35.5. The van der Waals surface area contributed by atoms with Crippen molar-refractivity contribution in [3.63, 3.8) is 0 Å². The van der Waals surface area contributed by atoms with Crippen LogP contribution in [-0.2, 0) is 64.0 Å². The minimum atomic E-state index is -0.993. The van der Waals surface area contributed by atoms with E-state index in [1.807, 2.05) is 48.5 Å². The summed E-state index contributed by atoms with van der Waals surface area (Å²) in [5, 5.41) is 18.9. The number of carboxylic acids is 2. The molecule has 5 aliphatic rings. The fourth-order valence-corrected chi connectivity index (χ4v) is 7.92. The lowest BCUT2D eigenvalue weighted by atomic mass is 9.87. The van der Waals surface area contributed by atoms with Crippen molar-refractivity contribution in [2.75, 3.05) is 0 Å². The summed E-state index contributed by atoms with van der Waals surface area (Å²) in [6, 6.07) is 15.3. The molecule has 13 nitrogen and oxygen atoms in total. The zero-order chi connectivity index (χ0) is 41.8. The Balaban J connectivity index is 0.000000202. The summed E-state index contributed by atoms with van der Waals surface area (Å²) < 4.78 is 10.5. The molecule has 2 saturated carbocycles. The maximum atomic E-state index is 12.2. The molecule has 1 heterocycles. The van der Waals surface area contributed by atoms with Crippen LogP contribution in [0.15, 0.2) is 48.5 Å². The number of amides is 2. The number of rotatable bonds is 15. The highest BCUT2D eigenvalue weighted by Gasteiger charge is 2.43. The average molecular weight is 833 g/mol. The Kier molecular flexibility index (Phi) is 17.4. The second-order valence-corrected chi connectivity index (χ2v) is 15.7. The molecular formula is C45H53ClN2O11. The molecule has 0 unspecified atom stereocenters. The summed E-state index contributed by atoms with van der Waals surface area (Å²) >= 11 is 0. The number of carbonyl (C=O) groups excluding carboxylic acids is 4. The van der Waals surface area contributed by atoms with Crippen molar-refractivity contribution in [2.24, 2.45) is 35.3 Å². The number of benzene rings is 2. The van der Waals surface area contributed by atoms with Gasteiger partial charge in [-0.25, -0.2) is 4.79 Å². The van der Waals surface area contributed by atoms with Crippen LogP contribution in [0, 0.1) is 54.3 Å². The van der Waals surface area contributed by atoms with Crippen LogP contribution in [0.1, 0.15) is 92.9 Å². The van der Waals surface area contributed by atoms with Crippen molar-refractivity contribution >= 4 is 48.3 Å². The molecule has 0 spiro atoms. The minimum absolute atomic E-state index is 0. The Bertz CT molecular complexity index is 1850. The van der Waals surface area contributed by atoms with Crippen molar-refractivity contribution in [1.82, 2.24) is 5.06 Å². The Hall–Kier alpha value is -5.37. The number of carboxylic acid groups (broad SMARTS) is 2. The van der Waals surface area contributed by atoms with Gasteiger partial charge in [0, 0.05) is 25.7 Å². The number of ether oxygens (including phenoxy) is 2. The summed E-state index contributed by atoms with van der Waals surface area (Å²) in [5.74, 6) is 2.01. The average Bonchev–Trinajstić information content (AvgIpc) is 3.94. The van der Waals surface area contributed by atoms with Gasteiger partial charge < -0.3 is 25.4 Å². The Labute approximate surface area is 351 Å². The van der Waals surface area contributed by atoms with Crippen LogP contribution in [0.4, 0.5) is 4.79 Å². The van der Waals surface area contributed by atoms with E-state index in [0.717, 1.165) is 70.6 Å². The van der Waals surface area contributed by atoms with E-state index in [0.29, 0.717) is 23.3 Å². The third kappa shape index (κ3) is 13.6. The fourth-order valence-electron chi connectivity index (χ4n) is 7.92. The lowest BCUT2D eigenvalue weighted by Crippen LogP contribution is -2.38. The van der Waals surface area contributed by atoms with Crippen molar-refractivity contribution in [1.29, 1.82) is 0 Å². The highest BCUT2D eigenvalue weighted by molar-refractivity contribution is 6.01. The van der Waals surface area contributed by atoms with Crippen LogP contribution in [0.5, 0.6) is 0 Å². The van der Waals surface area contributed by atoms with Crippen molar-refractivity contribution < 1.29 is 53.3 Å². The summed E-state index contributed by atoms with van der Waals surface area (Å²) in [6.07, 6.45) is 19.2. The van der Waals surface area contributed by atoms with E-state index < -0.39 is 41.9 Å². The number of hydroxylamine groups is 2. The number of fused-ring (bicyclic) bond motifs is 2. The first-order chi connectivity index (χ1) is 27.9. The second kappa shape index (κ2) is 22.1. The normalized spacial score (nSPS) is 21.9. The Morgan fingerprint density at radius 2 is 1.17 bits per heavy atom. The number of esters is 1. The van der Waals surface area contributed by atoms with Gasteiger partial charge in [0.2, 0.25) is 0 Å². The van der Waals surface area contributed by atoms with Crippen LogP contribution in [-0.4, -0.2) is 69.4 Å². The van der Waals surface area contributed by atoms with Gasteiger partial charge in [-0.05, 0) is 110 Å². The highest BCUT2D eigenvalue weighted by Crippen LogP contribution is 2.40. The summed E-state index contributed by atoms with van der Waals surface area (Å²) in [4.78, 5) is 73.0. The SMILES string of the molecule is C#CCCC[C@@H]1C[C@H]1OC(=O)C[C@H](C(=O)O)C1Cc2ccccc2C1.C#CCCC[C@@H]1C[C@H]1OC(=O)ON1C(=O)CCC1=O.Cl.N[C@H](C(=O)O)C1Cc2ccccc2C1. The molecule has 2 aromatic carbocycles. The number of nitrogens with zero attached hydrogens (tertiary/aromatic N) is 1. The minimum Gasteiger partial charge on any atom is -0.481 e. The van der Waals surface area contributed by atoms with Crippen LogP contribution >= 0.6 is 12.4 Å². The lowest BCUT2D eigenvalue weighted by molar-refractivity contribution is -0.177. The molecular weight excluding hydrogens is 780 g/mol. The Morgan fingerprint density at radius 1 is 0.729 bits per heavy atom. The van der Waals surface area contributed by atoms with Crippen LogP contribution < -0.4 is 5.73 Å². The van der Waals surface area contributed by atoms with E-state index in [-0.39, 0.29) is 61.7 Å². The summed E-state index contributed by atoms with van der Waals surface area (Å²) in [5.41, 5.74) is 10.5. The molecule has 2 aromatic rings. The maximum absolute atomic E-state index is 12.2. The number of terminal acetylenes is 2. The quantitative estimate of drug-likeness (QED) is 0.0838. The standard InChI is InChI=1S/C21H24O4.C13H15NO5.C11H13NO2.ClH/c1-2-3-4-9-16-12-19(16)25-20(22)13-18(21(23)24)17-10-14-7-5-6-8-15(14)11-17;1-2-3-4-5-9-8-10(9)18-13(17)19-14-11(15)6-7-12(14)16;12-10(11(13)14)9-5-7-3-1-2-4-8(7)6-9;/h1,5-8,16-19H,3-4,9-13H2,(H,23,24);1,9-10H,3-8H2;1-4,9-10H,5-6,12H2,(H,13,14);1H/t16-,18+,19-;9-,10-;10-;/m110./s1. The first kappa shape index (κ1) is 46.3. The predicted molar refractivity (Wildman–Crippen MR) is 217 cm³/mol. The van der Waals surface area contributed by atoms with Gasteiger partial charge in [0.05, 0.1) is 12.3 Å². The third-order valence-corrected chi connectivity index (χ3v) is 11.4. The number of imide groups is 1. The number of unbranched alkanes of at least 4 members (excludes halogenated alkanes) is 2. The van der Waals surface area contributed by atoms with Gasteiger partial charge in [0.15, 0.2) is 0 Å². The van der Waals surface area contributed by atoms with E-state index in [4.69, 9.17) is 33.2 Å². The monoisotopic (exact) mass is 832 g/mol.